The van der Waals surface area contributed by atoms with E-state index >= 15 is 0 Å². The minimum absolute atomic E-state index is 0.0631. The van der Waals surface area contributed by atoms with Gasteiger partial charge in [-0.3, -0.25) is 9.59 Å². The normalized spacial score (nSPS) is 18.6. The minimum Gasteiger partial charge on any atom is -0.481 e. The standard InChI is InChI=1S/C15H19NO3/c1-2-3-11-4-6-12(7-5-11)14(17)16-9-8-13(10-16)15(18)19/h4-7,13H,2-3,8-10H2,1H3,(H,18,19). The number of carbonyl (C=O) groups excluding carboxylic acids is 1. The third-order valence-electron chi connectivity index (χ3n) is 3.56. The van der Waals surface area contributed by atoms with Crippen LogP contribution in [0.15, 0.2) is 24.3 Å². The molecule has 19 heavy (non-hydrogen) atoms. The van der Waals surface area contributed by atoms with Crippen LogP contribution in [0.4, 0.5) is 0 Å². The Bertz CT molecular complexity index is 467. The third-order valence-corrected chi connectivity index (χ3v) is 3.56. The van der Waals surface area contributed by atoms with Crippen molar-refractivity contribution in [2.45, 2.75) is 26.2 Å². The van der Waals surface area contributed by atoms with Crippen LogP contribution in [0.5, 0.6) is 0 Å². The van der Waals surface area contributed by atoms with E-state index in [0.29, 0.717) is 25.1 Å². The first-order valence-electron chi connectivity index (χ1n) is 6.73. The van der Waals surface area contributed by atoms with Crippen molar-refractivity contribution in [3.05, 3.63) is 35.4 Å². The van der Waals surface area contributed by atoms with Gasteiger partial charge in [0, 0.05) is 18.7 Å². The van der Waals surface area contributed by atoms with E-state index < -0.39 is 11.9 Å². The molecule has 1 amide bonds. The molecule has 1 aromatic rings. The van der Waals surface area contributed by atoms with Crippen LogP contribution in [0.1, 0.15) is 35.7 Å². The van der Waals surface area contributed by atoms with Crippen molar-refractivity contribution >= 4 is 11.9 Å². The molecule has 1 aliphatic rings. The zero-order valence-corrected chi connectivity index (χ0v) is 11.1. The quantitative estimate of drug-likeness (QED) is 0.903. The van der Waals surface area contributed by atoms with E-state index in [4.69, 9.17) is 5.11 Å². The molecule has 0 spiro atoms. The molecule has 1 unspecified atom stereocenters. The number of carboxylic acid groups (broad SMARTS) is 1. The Morgan fingerprint density at radius 3 is 2.53 bits per heavy atom. The molecule has 102 valence electrons. The van der Waals surface area contributed by atoms with Gasteiger partial charge in [0.25, 0.3) is 5.91 Å². The summed E-state index contributed by atoms with van der Waals surface area (Å²) in [6, 6.07) is 7.62. The number of hydrogen-bond donors (Lipinski definition) is 1. The molecule has 1 saturated heterocycles. The van der Waals surface area contributed by atoms with Crippen molar-refractivity contribution in [3.8, 4) is 0 Å². The maximum absolute atomic E-state index is 12.2. The Kier molecular flexibility index (Phi) is 4.20. The predicted octanol–water partition coefficient (Wildman–Crippen LogP) is 2.19. The molecule has 1 N–H and O–H groups in total. The predicted molar refractivity (Wildman–Crippen MR) is 72.1 cm³/mol. The van der Waals surface area contributed by atoms with Gasteiger partial charge in [-0.1, -0.05) is 25.5 Å². The van der Waals surface area contributed by atoms with Crippen molar-refractivity contribution in [2.24, 2.45) is 5.92 Å². The third kappa shape index (κ3) is 3.13. The van der Waals surface area contributed by atoms with E-state index in [9.17, 15) is 9.59 Å². The highest BCUT2D eigenvalue weighted by atomic mass is 16.4. The van der Waals surface area contributed by atoms with Crippen molar-refractivity contribution in [2.75, 3.05) is 13.1 Å². The summed E-state index contributed by atoms with van der Waals surface area (Å²) in [7, 11) is 0. The van der Waals surface area contributed by atoms with Gasteiger partial charge in [0.05, 0.1) is 5.92 Å². The van der Waals surface area contributed by atoms with Gasteiger partial charge in [-0.25, -0.2) is 0 Å². The first kappa shape index (κ1) is 13.6. The molecule has 4 nitrogen and oxygen atoms in total. The topological polar surface area (TPSA) is 57.6 Å². The van der Waals surface area contributed by atoms with Gasteiger partial charge in [0.1, 0.15) is 0 Å². The van der Waals surface area contributed by atoms with E-state index in [1.807, 2.05) is 24.3 Å². The monoisotopic (exact) mass is 261 g/mol. The second-order valence-corrected chi connectivity index (χ2v) is 5.02. The molecule has 1 atom stereocenters. The molecule has 0 radical (unpaired) electrons. The first-order valence-corrected chi connectivity index (χ1v) is 6.73. The van der Waals surface area contributed by atoms with Crippen molar-refractivity contribution in [1.82, 2.24) is 4.90 Å². The largest absolute Gasteiger partial charge is 0.481 e. The molecule has 0 aliphatic carbocycles. The fourth-order valence-corrected chi connectivity index (χ4v) is 2.43. The maximum Gasteiger partial charge on any atom is 0.308 e. The van der Waals surface area contributed by atoms with E-state index in [1.54, 1.807) is 4.90 Å². The van der Waals surface area contributed by atoms with Crippen LogP contribution in [0.25, 0.3) is 0 Å². The minimum atomic E-state index is -0.811. The summed E-state index contributed by atoms with van der Waals surface area (Å²) in [4.78, 5) is 24.7. The number of amides is 1. The summed E-state index contributed by atoms with van der Waals surface area (Å²) in [6.07, 6.45) is 2.65. The van der Waals surface area contributed by atoms with E-state index in [1.165, 1.54) is 5.56 Å². The van der Waals surface area contributed by atoms with Gasteiger partial charge in [-0.15, -0.1) is 0 Å². The average molecular weight is 261 g/mol. The lowest BCUT2D eigenvalue weighted by Crippen LogP contribution is -2.29. The average Bonchev–Trinajstić information content (AvgIpc) is 2.89. The number of benzene rings is 1. The highest BCUT2D eigenvalue weighted by Gasteiger charge is 2.31. The molecule has 4 heteroatoms. The number of rotatable bonds is 4. The summed E-state index contributed by atoms with van der Waals surface area (Å²) in [6.45, 7) is 2.98. The molecule has 1 aliphatic heterocycles. The maximum atomic E-state index is 12.2. The number of carbonyl (C=O) groups is 2. The second-order valence-electron chi connectivity index (χ2n) is 5.02. The highest BCUT2D eigenvalue weighted by molar-refractivity contribution is 5.94. The molecule has 0 aromatic heterocycles. The van der Waals surface area contributed by atoms with Crippen molar-refractivity contribution < 1.29 is 14.7 Å². The van der Waals surface area contributed by atoms with Crippen LogP contribution in [0.3, 0.4) is 0 Å². The number of aliphatic carboxylic acids is 1. The van der Waals surface area contributed by atoms with Crippen LogP contribution in [0, 0.1) is 5.92 Å². The molecule has 1 fully saturated rings. The summed E-state index contributed by atoms with van der Waals surface area (Å²) in [5.41, 5.74) is 1.87. The van der Waals surface area contributed by atoms with Crippen molar-refractivity contribution in [3.63, 3.8) is 0 Å². The smallest absolute Gasteiger partial charge is 0.308 e. The number of hydrogen-bond acceptors (Lipinski definition) is 2. The van der Waals surface area contributed by atoms with Gasteiger partial charge in [-0.05, 0) is 30.5 Å². The number of carboxylic acids is 1. The lowest BCUT2D eigenvalue weighted by molar-refractivity contribution is -0.141. The molecule has 0 bridgehead atoms. The van der Waals surface area contributed by atoms with Crippen LogP contribution in [-0.4, -0.2) is 35.0 Å². The second kappa shape index (κ2) is 5.87. The van der Waals surface area contributed by atoms with Crippen LogP contribution < -0.4 is 0 Å². The summed E-state index contributed by atoms with van der Waals surface area (Å²) in [5, 5.41) is 8.94. The number of nitrogens with zero attached hydrogens (tertiary/aromatic N) is 1. The first-order chi connectivity index (χ1) is 9.11. The number of likely N-dealkylation sites (tertiary alicyclic amines) is 1. The Morgan fingerprint density at radius 1 is 1.32 bits per heavy atom. The van der Waals surface area contributed by atoms with Gasteiger partial charge in [-0.2, -0.15) is 0 Å². The summed E-state index contributed by atoms with van der Waals surface area (Å²) < 4.78 is 0. The Morgan fingerprint density at radius 2 is 2.00 bits per heavy atom. The van der Waals surface area contributed by atoms with Gasteiger partial charge in [0.15, 0.2) is 0 Å². The van der Waals surface area contributed by atoms with E-state index in [-0.39, 0.29) is 5.91 Å². The Hall–Kier alpha value is -1.84. The summed E-state index contributed by atoms with van der Waals surface area (Å²) in [5.74, 6) is -1.29. The molecule has 0 saturated carbocycles. The van der Waals surface area contributed by atoms with Gasteiger partial charge >= 0.3 is 5.97 Å². The molecule has 1 heterocycles. The van der Waals surface area contributed by atoms with Gasteiger partial charge in [0.2, 0.25) is 0 Å². The Balaban J connectivity index is 2.02. The van der Waals surface area contributed by atoms with E-state index in [0.717, 1.165) is 12.8 Å². The molecular weight excluding hydrogens is 242 g/mol. The molecule has 2 rings (SSSR count). The van der Waals surface area contributed by atoms with E-state index in [2.05, 4.69) is 6.92 Å². The summed E-state index contributed by atoms with van der Waals surface area (Å²) >= 11 is 0. The zero-order chi connectivity index (χ0) is 13.8. The molecule has 1 aromatic carbocycles. The van der Waals surface area contributed by atoms with Crippen LogP contribution in [0.2, 0.25) is 0 Å². The lowest BCUT2D eigenvalue weighted by Gasteiger charge is -2.16. The number of aryl methyl sites for hydroxylation is 1. The SMILES string of the molecule is CCCc1ccc(C(=O)N2CCC(C(=O)O)C2)cc1. The fourth-order valence-electron chi connectivity index (χ4n) is 2.43. The zero-order valence-electron chi connectivity index (χ0n) is 11.1. The van der Waals surface area contributed by atoms with Crippen LogP contribution >= 0.6 is 0 Å². The molecular formula is C15H19NO3. The van der Waals surface area contributed by atoms with Gasteiger partial charge < -0.3 is 10.0 Å². The Labute approximate surface area is 113 Å². The van der Waals surface area contributed by atoms with Crippen LogP contribution in [-0.2, 0) is 11.2 Å². The highest BCUT2D eigenvalue weighted by Crippen LogP contribution is 2.19. The fraction of sp³-hybridized carbons (Fsp3) is 0.467. The van der Waals surface area contributed by atoms with Crippen molar-refractivity contribution in [1.29, 1.82) is 0 Å². The lowest BCUT2D eigenvalue weighted by atomic mass is 10.1.